The van der Waals surface area contributed by atoms with Crippen molar-refractivity contribution in [2.75, 3.05) is 7.11 Å². The smallest absolute Gasteiger partial charge is 0.310 e. The van der Waals surface area contributed by atoms with Gasteiger partial charge in [0.2, 0.25) is 0 Å². The Morgan fingerprint density at radius 2 is 2.12 bits per heavy atom. The van der Waals surface area contributed by atoms with Crippen LogP contribution in [0.3, 0.4) is 0 Å². The maximum absolute atomic E-state index is 11.3. The molecule has 2 atom stereocenters. The number of aromatic nitrogens is 2. The minimum Gasteiger partial charge on any atom is -0.469 e. The lowest BCUT2D eigenvalue weighted by Crippen LogP contribution is -2.23. The first kappa shape index (κ1) is 12.2. The highest BCUT2D eigenvalue weighted by Crippen LogP contribution is 2.18. The van der Waals surface area contributed by atoms with Crippen LogP contribution in [0.1, 0.15) is 30.2 Å². The molecule has 0 aliphatic rings. The zero-order chi connectivity index (χ0) is 12.3. The second-order valence-electron chi connectivity index (χ2n) is 3.63. The van der Waals surface area contributed by atoms with Gasteiger partial charge in [-0.15, -0.1) is 0 Å². The van der Waals surface area contributed by atoms with Crippen LogP contribution < -0.4 is 5.73 Å². The lowest BCUT2D eigenvalue weighted by Gasteiger charge is -2.17. The third kappa shape index (κ3) is 2.39. The number of amides is 1. The zero-order valence-corrected chi connectivity index (χ0v) is 9.51. The largest absolute Gasteiger partial charge is 0.469 e. The van der Waals surface area contributed by atoms with Crippen molar-refractivity contribution in [3.05, 3.63) is 18.0 Å². The van der Waals surface area contributed by atoms with E-state index in [-0.39, 0.29) is 17.9 Å². The number of hydrogen-bond acceptors (Lipinski definition) is 4. The summed E-state index contributed by atoms with van der Waals surface area (Å²) >= 11 is 0. The van der Waals surface area contributed by atoms with Gasteiger partial charge < -0.3 is 10.5 Å². The van der Waals surface area contributed by atoms with Crippen LogP contribution in [0, 0.1) is 5.92 Å². The first-order chi connectivity index (χ1) is 7.47. The minimum absolute atomic E-state index is 0.194. The van der Waals surface area contributed by atoms with Crippen molar-refractivity contribution in [1.82, 2.24) is 9.78 Å². The first-order valence-corrected chi connectivity index (χ1v) is 4.89. The first-order valence-electron chi connectivity index (χ1n) is 4.89. The number of ether oxygens (including phenoxy) is 1. The molecule has 0 fully saturated rings. The number of carbonyl (C=O) groups excluding carboxylic acids is 2. The number of nitrogens with zero attached hydrogens (tertiary/aromatic N) is 2. The number of rotatable bonds is 4. The van der Waals surface area contributed by atoms with E-state index in [9.17, 15) is 9.59 Å². The predicted octanol–water partition coefficient (Wildman–Crippen LogP) is 0.352. The summed E-state index contributed by atoms with van der Waals surface area (Å²) in [5.41, 5.74) is 5.43. The highest BCUT2D eigenvalue weighted by Gasteiger charge is 2.23. The molecule has 0 aliphatic carbocycles. The van der Waals surface area contributed by atoms with E-state index in [0.29, 0.717) is 5.56 Å². The molecule has 1 amide bonds. The maximum atomic E-state index is 11.3. The van der Waals surface area contributed by atoms with Gasteiger partial charge in [-0.1, -0.05) is 0 Å². The lowest BCUT2D eigenvalue weighted by atomic mass is 10.0. The third-order valence-corrected chi connectivity index (χ3v) is 2.60. The Morgan fingerprint density at radius 1 is 1.50 bits per heavy atom. The van der Waals surface area contributed by atoms with Gasteiger partial charge in [0.25, 0.3) is 5.91 Å². The van der Waals surface area contributed by atoms with E-state index in [1.54, 1.807) is 6.92 Å². The topological polar surface area (TPSA) is 87.2 Å². The molecule has 2 unspecified atom stereocenters. The number of methoxy groups -OCH3 is 1. The van der Waals surface area contributed by atoms with E-state index in [4.69, 9.17) is 5.73 Å². The van der Waals surface area contributed by atoms with E-state index in [1.165, 1.54) is 24.2 Å². The molecular weight excluding hydrogens is 210 g/mol. The summed E-state index contributed by atoms with van der Waals surface area (Å²) in [4.78, 5) is 22.2. The van der Waals surface area contributed by atoms with Crippen molar-refractivity contribution >= 4 is 11.9 Å². The third-order valence-electron chi connectivity index (χ3n) is 2.60. The van der Waals surface area contributed by atoms with Gasteiger partial charge in [-0.3, -0.25) is 14.3 Å². The molecule has 2 N–H and O–H groups in total. The molecule has 1 aromatic rings. The summed E-state index contributed by atoms with van der Waals surface area (Å²) < 4.78 is 6.17. The second kappa shape index (κ2) is 4.78. The second-order valence-corrected chi connectivity index (χ2v) is 3.63. The highest BCUT2D eigenvalue weighted by atomic mass is 16.5. The Bertz CT molecular complexity index is 400. The molecule has 0 bridgehead atoms. The van der Waals surface area contributed by atoms with E-state index >= 15 is 0 Å². The molecular formula is C10H15N3O3. The molecule has 0 aliphatic heterocycles. The fraction of sp³-hybridized carbons (Fsp3) is 0.500. The van der Waals surface area contributed by atoms with Crippen LogP contribution in [0.2, 0.25) is 0 Å². The van der Waals surface area contributed by atoms with Crippen LogP contribution in [0.25, 0.3) is 0 Å². The summed E-state index contributed by atoms with van der Waals surface area (Å²) in [6.07, 6.45) is 2.90. The number of nitrogens with two attached hydrogens (primary N) is 1. The Labute approximate surface area is 93.4 Å². The van der Waals surface area contributed by atoms with Crippen molar-refractivity contribution in [1.29, 1.82) is 0 Å². The molecule has 16 heavy (non-hydrogen) atoms. The number of esters is 1. The molecule has 88 valence electrons. The van der Waals surface area contributed by atoms with Crippen molar-refractivity contribution in [3.8, 4) is 0 Å². The van der Waals surface area contributed by atoms with Crippen LogP contribution in [-0.4, -0.2) is 28.8 Å². The molecule has 6 nitrogen and oxygen atoms in total. The van der Waals surface area contributed by atoms with Crippen molar-refractivity contribution in [3.63, 3.8) is 0 Å². The molecule has 0 aromatic carbocycles. The fourth-order valence-electron chi connectivity index (χ4n) is 1.30. The number of hydrogen-bond donors (Lipinski definition) is 1. The molecule has 0 saturated heterocycles. The van der Waals surface area contributed by atoms with Crippen LogP contribution in [0.4, 0.5) is 0 Å². The van der Waals surface area contributed by atoms with Crippen LogP contribution >= 0.6 is 0 Å². The SMILES string of the molecule is COC(=O)C(C)C(C)n1cc(C(N)=O)cn1. The van der Waals surface area contributed by atoms with Gasteiger partial charge in [-0.05, 0) is 13.8 Å². The normalized spacial score (nSPS) is 14.2. The van der Waals surface area contributed by atoms with Gasteiger partial charge >= 0.3 is 5.97 Å². The van der Waals surface area contributed by atoms with E-state index in [0.717, 1.165) is 0 Å². The van der Waals surface area contributed by atoms with Crippen molar-refractivity contribution < 1.29 is 14.3 Å². The van der Waals surface area contributed by atoms with E-state index in [2.05, 4.69) is 9.84 Å². The summed E-state index contributed by atoms with van der Waals surface area (Å²) in [7, 11) is 1.34. The fourth-order valence-corrected chi connectivity index (χ4v) is 1.30. The van der Waals surface area contributed by atoms with Crippen LogP contribution in [-0.2, 0) is 9.53 Å². The summed E-state index contributed by atoms with van der Waals surface area (Å²) in [6, 6.07) is -0.194. The Kier molecular flexibility index (Phi) is 3.65. The summed E-state index contributed by atoms with van der Waals surface area (Å²) in [5.74, 6) is -1.20. The predicted molar refractivity (Wildman–Crippen MR) is 56.6 cm³/mol. The van der Waals surface area contributed by atoms with Gasteiger partial charge in [0.05, 0.1) is 30.8 Å². The molecule has 1 rings (SSSR count). The summed E-state index contributed by atoms with van der Waals surface area (Å²) in [6.45, 7) is 3.56. The van der Waals surface area contributed by atoms with Crippen molar-refractivity contribution in [2.45, 2.75) is 19.9 Å². The summed E-state index contributed by atoms with van der Waals surface area (Å²) in [5, 5.41) is 3.98. The molecule has 0 spiro atoms. The monoisotopic (exact) mass is 225 g/mol. The molecule has 0 saturated carbocycles. The molecule has 0 radical (unpaired) electrons. The Morgan fingerprint density at radius 3 is 2.56 bits per heavy atom. The maximum Gasteiger partial charge on any atom is 0.310 e. The quantitative estimate of drug-likeness (QED) is 0.749. The number of primary amides is 1. The zero-order valence-electron chi connectivity index (χ0n) is 9.51. The van der Waals surface area contributed by atoms with Crippen molar-refractivity contribution in [2.24, 2.45) is 11.7 Å². The van der Waals surface area contributed by atoms with Gasteiger partial charge in [0, 0.05) is 6.20 Å². The van der Waals surface area contributed by atoms with Gasteiger partial charge in [0.1, 0.15) is 0 Å². The Balaban J connectivity index is 2.83. The average Bonchev–Trinajstić information content (AvgIpc) is 2.75. The standard InChI is InChI=1S/C10H15N3O3/c1-6(10(15)16-3)7(2)13-5-8(4-12-13)9(11)14/h4-7H,1-3H3,(H2,11,14). The number of carbonyl (C=O) groups is 2. The molecule has 1 aromatic heterocycles. The molecule has 6 heteroatoms. The van der Waals surface area contributed by atoms with E-state index < -0.39 is 5.91 Å². The van der Waals surface area contributed by atoms with Crippen LogP contribution in [0.15, 0.2) is 12.4 Å². The Hall–Kier alpha value is -1.85. The van der Waals surface area contributed by atoms with Gasteiger partial charge in [-0.25, -0.2) is 0 Å². The van der Waals surface area contributed by atoms with Gasteiger partial charge in [-0.2, -0.15) is 5.10 Å². The average molecular weight is 225 g/mol. The van der Waals surface area contributed by atoms with Gasteiger partial charge in [0.15, 0.2) is 0 Å². The highest BCUT2D eigenvalue weighted by molar-refractivity contribution is 5.92. The van der Waals surface area contributed by atoms with Crippen LogP contribution in [0.5, 0.6) is 0 Å². The molecule has 1 heterocycles. The lowest BCUT2D eigenvalue weighted by molar-refractivity contribution is -0.146. The minimum atomic E-state index is -0.538. The van der Waals surface area contributed by atoms with E-state index in [1.807, 2.05) is 6.92 Å².